The van der Waals surface area contributed by atoms with Gasteiger partial charge in [-0.1, -0.05) is 0 Å². The average molecular weight is 237 g/mol. The molecule has 1 aliphatic rings. The van der Waals surface area contributed by atoms with Gasteiger partial charge in [0, 0.05) is 13.7 Å². The van der Waals surface area contributed by atoms with Crippen molar-refractivity contribution in [1.29, 1.82) is 0 Å². The summed E-state index contributed by atoms with van der Waals surface area (Å²) in [7, 11) is 1.64. The lowest BCUT2D eigenvalue weighted by Crippen LogP contribution is -2.49. The van der Waals surface area contributed by atoms with Gasteiger partial charge in [0.15, 0.2) is 0 Å². The highest BCUT2D eigenvalue weighted by Crippen LogP contribution is 2.10. The van der Waals surface area contributed by atoms with Crippen molar-refractivity contribution in [3.8, 4) is 0 Å². The molecular formula is C10H21ClN2O2. The molecule has 5 heteroatoms. The summed E-state index contributed by atoms with van der Waals surface area (Å²) >= 11 is 0. The summed E-state index contributed by atoms with van der Waals surface area (Å²) in [4.78, 5) is 11.7. The van der Waals surface area contributed by atoms with Crippen LogP contribution in [0.5, 0.6) is 0 Å². The third-order valence-electron chi connectivity index (χ3n) is 2.40. The van der Waals surface area contributed by atoms with E-state index >= 15 is 0 Å². The van der Waals surface area contributed by atoms with Crippen molar-refractivity contribution in [1.82, 2.24) is 10.6 Å². The van der Waals surface area contributed by atoms with Gasteiger partial charge in [0.05, 0.1) is 18.1 Å². The molecule has 0 spiro atoms. The highest BCUT2D eigenvalue weighted by Gasteiger charge is 2.27. The van der Waals surface area contributed by atoms with Gasteiger partial charge in [-0.25, -0.2) is 0 Å². The maximum atomic E-state index is 11.7. The van der Waals surface area contributed by atoms with Gasteiger partial charge >= 0.3 is 0 Å². The number of hydrogen-bond donors (Lipinski definition) is 2. The van der Waals surface area contributed by atoms with Crippen molar-refractivity contribution in [2.24, 2.45) is 5.92 Å². The fourth-order valence-corrected chi connectivity index (χ4v) is 1.71. The molecule has 0 aromatic rings. The largest absolute Gasteiger partial charge is 0.382 e. The molecule has 15 heavy (non-hydrogen) atoms. The van der Waals surface area contributed by atoms with E-state index in [9.17, 15) is 4.79 Å². The van der Waals surface area contributed by atoms with Gasteiger partial charge in [-0.3, -0.25) is 4.79 Å². The number of carbonyl (C=O) groups excluding carboxylic acids is 1. The van der Waals surface area contributed by atoms with Crippen molar-refractivity contribution in [3.63, 3.8) is 0 Å². The number of hydrogen-bond acceptors (Lipinski definition) is 3. The van der Waals surface area contributed by atoms with E-state index in [0.29, 0.717) is 6.61 Å². The smallest absolute Gasteiger partial charge is 0.224 e. The monoisotopic (exact) mass is 236 g/mol. The van der Waals surface area contributed by atoms with Crippen LogP contribution in [0.3, 0.4) is 0 Å². The van der Waals surface area contributed by atoms with Gasteiger partial charge in [-0.2, -0.15) is 0 Å². The molecule has 2 N–H and O–H groups in total. The van der Waals surface area contributed by atoms with E-state index < -0.39 is 0 Å². The molecule has 0 aliphatic carbocycles. The minimum atomic E-state index is -0.269. The quantitative estimate of drug-likeness (QED) is 0.750. The number of amides is 1. The average Bonchev–Trinajstić information content (AvgIpc) is 2.53. The van der Waals surface area contributed by atoms with Crippen LogP contribution in [0.1, 0.15) is 20.3 Å². The summed E-state index contributed by atoms with van der Waals surface area (Å²) in [6, 6.07) is 0. The van der Waals surface area contributed by atoms with E-state index in [1.165, 1.54) is 0 Å². The Bertz CT molecular complexity index is 204. The minimum absolute atomic E-state index is 0. The zero-order valence-corrected chi connectivity index (χ0v) is 10.4. The number of nitrogens with one attached hydrogen (secondary N) is 2. The lowest BCUT2D eigenvalue weighted by atomic mass is 10.0. The molecule has 1 amide bonds. The second-order valence-corrected chi connectivity index (χ2v) is 4.50. The molecule has 4 nitrogen and oxygen atoms in total. The second kappa shape index (κ2) is 6.30. The van der Waals surface area contributed by atoms with Crippen LogP contribution in [-0.4, -0.2) is 38.3 Å². The zero-order chi connectivity index (χ0) is 10.6. The molecule has 1 saturated heterocycles. The summed E-state index contributed by atoms with van der Waals surface area (Å²) in [6.45, 7) is 6.23. The van der Waals surface area contributed by atoms with Crippen LogP contribution >= 0.6 is 12.4 Å². The van der Waals surface area contributed by atoms with E-state index in [1.54, 1.807) is 7.11 Å². The third kappa shape index (κ3) is 4.82. The fourth-order valence-electron chi connectivity index (χ4n) is 1.71. The molecule has 1 atom stereocenters. The standard InChI is InChI=1S/C10H20N2O2.ClH/c1-10(2,7-14-3)12-9(13)8-4-5-11-6-8;/h8,11H,4-7H2,1-3H3,(H,12,13);1H/t8-;/m0./s1. The van der Waals surface area contributed by atoms with Gasteiger partial charge in [0.1, 0.15) is 0 Å². The summed E-state index contributed by atoms with van der Waals surface area (Å²) in [5.74, 6) is 0.267. The highest BCUT2D eigenvalue weighted by molar-refractivity contribution is 5.85. The van der Waals surface area contributed by atoms with Crippen molar-refractivity contribution in [3.05, 3.63) is 0 Å². The van der Waals surface area contributed by atoms with Gasteiger partial charge in [0.2, 0.25) is 5.91 Å². The molecule has 0 unspecified atom stereocenters. The highest BCUT2D eigenvalue weighted by atomic mass is 35.5. The molecular weight excluding hydrogens is 216 g/mol. The van der Waals surface area contributed by atoms with Crippen molar-refractivity contribution in [2.45, 2.75) is 25.8 Å². The van der Waals surface area contributed by atoms with Crippen LogP contribution in [0.15, 0.2) is 0 Å². The maximum Gasteiger partial charge on any atom is 0.224 e. The summed E-state index contributed by atoms with van der Waals surface area (Å²) in [5, 5.41) is 6.17. The Labute approximate surface area is 97.5 Å². The normalized spacial score (nSPS) is 20.9. The Morgan fingerprint density at radius 1 is 1.60 bits per heavy atom. The molecule has 0 saturated carbocycles. The van der Waals surface area contributed by atoms with Gasteiger partial charge in [-0.05, 0) is 26.8 Å². The number of carbonyl (C=O) groups is 1. The number of ether oxygens (including phenoxy) is 1. The summed E-state index contributed by atoms with van der Waals surface area (Å²) < 4.78 is 5.04. The zero-order valence-electron chi connectivity index (χ0n) is 9.63. The van der Waals surface area contributed by atoms with E-state index in [1.807, 2.05) is 13.8 Å². The van der Waals surface area contributed by atoms with E-state index in [0.717, 1.165) is 19.5 Å². The van der Waals surface area contributed by atoms with Crippen LogP contribution in [0, 0.1) is 5.92 Å². The number of halogens is 1. The van der Waals surface area contributed by atoms with Gasteiger partial charge in [0.25, 0.3) is 0 Å². The summed E-state index contributed by atoms with van der Waals surface area (Å²) in [6.07, 6.45) is 0.939. The molecule has 90 valence electrons. The Balaban J connectivity index is 0.00000196. The molecule has 0 radical (unpaired) electrons. The first-order chi connectivity index (χ1) is 6.55. The predicted octanol–water partition coefficient (Wildman–Crippen LogP) is 0.559. The predicted molar refractivity (Wildman–Crippen MR) is 62.3 cm³/mol. The Hall–Kier alpha value is -0.320. The van der Waals surface area contributed by atoms with E-state index in [4.69, 9.17) is 4.74 Å². The van der Waals surface area contributed by atoms with Crippen LogP contribution in [0.25, 0.3) is 0 Å². The first kappa shape index (κ1) is 14.7. The first-order valence-corrected chi connectivity index (χ1v) is 5.07. The molecule has 0 aromatic heterocycles. The second-order valence-electron chi connectivity index (χ2n) is 4.50. The molecule has 0 aromatic carbocycles. The van der Waals surface area contributed by atoms with Gasteiger partial charge < -0.3 is 15.4 Å². The van der Waals surface area contributed by atoms with Crippen molar-refractivity contribution in [2.75, 3.05) is 26.8 Å². The van der Waals surface area contributed by atoms with E-state index in [2.05, 4.69) is 10.6 Å². The number of methoxy groups -OCH3 is 1. The Morgan fingerprint density at radius 2 is 2.27 bits per heavy atom. The topological polar surface area (TPSA) is 50.4 Å². The molecule has 1 fully saturated rings. The Morgan fingerprint density at radius 3 is 2.73 bits per heavy atom. The Kier molecular flexibility index (Phi) is 6.17. The minimum Gasteiger partial charge on any atom is -0.382 e. The van der Waals surface area contributed by atoms with Crippen LogP contribution in [0.2, 0.25) is 0 Å². The van der Waals surface area contributed by atoms with Crippen LogP contribution in [-0.2, 0) is 9.53 Å². The molecule has 1 rings (SSSR count). The fraction of sp³-hybridized carbons (Fsp3) is 0.900. The van der Waals surface area contributed by atoms with E-state index in [-0.39, 0.29) is 29.8 Å². The lowest BCUT2D eigenvalue weighted by molar-refractivity contribution is -0.126. The third-order valence-corrected chi connectivity index (χ3v) is 2.40. The lowest BCUT2D eigenvalue weighted by Gasteiger charge is -2.26. The molecule has 1 heterocycles. The summed E-state index contributed by atoms with van der Waals surface area (Å²) in [5.41, 5.74) is -0.269. The van der Waals surface area contributed by atoms with Crippen molar-refractivity contribution >= 4 is 18.3 Å². The molecule has 0 bridgehead atoms. The molecule has 1 aliphatic heterocycles. The maximum absolute atomic E-state index is 11.7. The number of rotatable bonds is 4. The van der Waals surface area contributed by atoms with Gasteiger partial charge in [-0.15, -0.1) is 12.4 Å². The van der Waals surface area contributed by atoms with Crippen LogP contribution < -0.4 is 10.6 Å². The van der Waals surface area contributed by atoms with Crippen molar-refractivity contribution < 1.29 is 9.53 Å². The first-order valence-electron chi connectivity index (χ1n) is 5.07. The van der Waals surface area contributed by atoms with Crippen LogP contribution in [0.4, 0.5) is 0 Å². The SMILES string of the molecule is COCC(C)(C)NC(=O)[C@H]1CCNC1.Cl.